The van der Waals surface area contributed by atoms with Gasteiger partial charge >= 0.3 is 5.97 Å². The Bertz CT molecular complexity index is 1260. The Labute approximate surface area is 198 Å². The number of nitrogens with zero attached hydrogens (tertiary/aromatic N) is 2. The van der Waals surface area contributed by atoms with Crippen LogP contribution in [0.1, 0.15) is 74.7 Å². The molecule has 0 spiro atoms. The summed E-state index contributed by atoms with van der Waals surface area (Å²) in [6.45, 7) is 2.03. The Hall–Kier alpha value is -3.35. The predicted octanol–water partition coefficient (Wildman–Crippen LogP) is 4.51. The number of carbonyl (C=O) groups is 2. The summed E-state index contributed by atoms with van der Waals surface area (Å²) < 4.78 is 9.08. The van der Waals surface area contributed by atoms with Gasteiger partial charge in [0, 0.05) is 5.56 Å². The highest BCUT2D eigenvalue weighted by atomic mass is 16.5. The number of carbonyl (C=O) groups excluding carboxylic acids is 2. The third-order valence-corrected chi connectivity index (χ3v) is 7.29. The molecule has 0 atom stereocenters. The highest BCUT2D eigenvalue weighted by Gasteiger charge is 2.47. The predicted molar refractivity (Wildman–Crippen MR) is 130 cm³/mol. The third kappa shape index (κ3) is 3.83. The van der Waals surface area contributed by atoms with Gasteiger partial charge in [-0.3, -0.25) is 14.3 Å². The van der Waals surface area contributed by atoms with Crippen LogP contribution in [0.2, 0.25) is 0 Å². The zero-order valence-corrected chi connectivity index (χ0v) is 19.6. The summed E-state index contributed by atoms with van der Waals surface area (Å²) in [5.74, 6) is -0.740. The van der Waals surface area contributed by atoms with Gasteiger partial charge in [0.1, 0.15) is 5.54 Å². The van der Waals surface area contributed by atoms with Crippen molar-refractivity contribution in [2.24, 2.45) is 0 Å². The van der Waals surface area contributed by atoms with Gasteiger partial charge < -0.3 is 10.1 Å². The topological polar surface area (TPSA) is 82.3 Å². The lowest BCUT2D eigenvalue weighted by Crippen LogP contribution is -2.59. The van der Waals surface area contributed by atoms with Gasteiger partial charge in [-0.2, -0.15) is 0 Å². The highest BCUT2D eigenvalue weighted by Crippen LogP contribution is 2.34. The lowest BCUT2D eigenvalue weighted by Gasteiger charge is -2.39. The van der Waals surface area contributed by atoms with Crippen molar-refractivity contribution in [2.45, 2.75) is 69.9 Å². The number of fused-ring (bicyclic) bond motifs is 1. The van der Waals surface area contributed by atoms with Crippen molar-refractivity contribution in [2.75, 3.05) is 6.61 Å². The number of nitrogens with one attached hydrogen (secondary N) is 1. The van der Waals surface area contributed by atoms with Crippen molar-refractivity contribution >= 4 is 22.8 Å². The van der Waals surface area contributed by atoms with Crippen molar-refractivity contribution < 1.29 is 14.3 Å². The molecule has 2 aliphatic carbocycles. The fourth-order valence-corrected chi connectivity index (χ4v) is 5.33. The quantitative estimate of drug-likeness (QED) is 0.548. The second-order valence-corrected chi connectivity index (χ2v) is 9.43. The molecule has 2 aliphatic rings. The average molecular weight is 462 g/mol. The van der Waals surface area contributed by atoms with Crippen LogP contribution in [-0.2, 0) is 9.53 Å². The summed E-state index contributed by atoms with van der Waals surface area (Å²) in [4.78, 5) is 39.3. The first kappa shape index (κ1) is 22.4. The Balaban J connectivity index is 1.56. The van der Waals surface area contributed by atoms with E-state index in [0.29, 0.717) is 23.8 Å². The average Bonchev–Trinajstić information content (AvgIpc) is 3.14. The van der Waals surface area contributed by atoms with Crippen LogP contribution in [0.15, 0.2) is 53.3 Å². The molecule has 2 aromatic carbocycles. The van der Waals surface area contributed by atoms with Crippen LogP contribution < -0.4 is 10.9 Å². The number of esters is 1. The lowest BCUT2D eigenvalue weighted by atomic mass is 9.76. The van der Waals surface area contributed by atoms with E-state index in [1.165, 1.54) is 6.42 Å². The maximum atomic E-state index is 13.6. The van der Waals surface area contributed by atoms with Crippen molar-refractivity contribution in [3.63, 3.8) is 0 Å². The third-order valence-electron chi connectivity index (χ3n) is 7.29. The summed E-state index contributed by atoms with van der Waals surface area (Å²) >= 11 is 0. The number of para-hydroxylation sites is 1. The molecule has 2 fully saturated rings. The lowest BCUT2D eigenvalue weighted by molar-refractivity contribution is -0.154. The first-order valence-corrected chi connectivity index (χ1v) is 12.4. The van der Waals surface area contributed by atoms with Crippen LogP contribution >= 0.6 is 0 Å². The van der Waals surface area contributed by atoms with Gasteiger partial charge in [0.05, 0.1) is 29.2 Å². The molecule has 5 rings (SSSR count). The monoisotopic (exact) mass is 461 g/mol. The molecule has 1 heterocycles. The summed E-state index contributed by atoms with van der Waals surface area (Å²) in [6.07, 6.45) is 7.56. The molecule has 1 N–H and O–H groups in total. The minimum Gasteiger partial charge on any atom is -0.464 e. The van der Waals surface area contributed by atoms with E-state index in [1.54, 1.807) is 23.7 Å². The van der Waals surface area contributed by atoms with Crippen molar-refractivity contribution in [3.8, 4) is 5.69 Å². The second kappa shape index (κ2) is 9.12. The Morgan fingerprint density at radius 3 is 2.41 bits per heavy atom. The van der Waals surface area contributed by atoms with Gasteiger partial charge in [-0.25, -0.2) is 9.48 Å². The molecule has 2 saturated carbocycles. The van der Waals surface area contributed by atoms with E-state index < -0.39 is 5.54 Å². The molecule has 0 unspecified atom stereocenters. The number of amides is 1. The van der Waals surface area contributed by atoms with Crippen molar-refractivity contribution in [1.29, 1.82) is 0 Å². The summed E-state index contributed by atoms with van der Waals surface area (Å²) in [5, 5.41) is 3.42. The van der Waals surface area contributed by atoms with E-state index in [0.717, 1.165) is 43.3 Å². The maximum absolute atomic E-state index is 13.6. The minimum atomic E-state index is -0.958. The number of ether oxygens (including phenoxy) is 1. The molecule has 178 valence electrons. The molecule has 1 aromatic heterocycles. The molecular weight excluding hydrogens is 430 g/mol. The molecular formula is C27H31N3O4. The Kier molecular flexibility index (Phi) is 6.02. The fourth-order valence-electron chi connectivity index (χ4n) is 5.33. The molecule has 0 aliphatic heterocycles. The number of hydrogen-bond acceptors (Lipinski definition) is 4. The van der Waals surface area contributed by atoms with Gasteiger partial charge in [-0.05, 0) is 69.4 Å². The van der Waals surface area contributed by atoms with Gasteiger partial charge in [0.2, 0.25) is 0 Å². The maximum Gasteiger partial charge on any atom is 0.331 e. The molecule has 1 amide bonds. The number of benzene rings is 2. The largest absolute Gasteiger partial charge is 0.464 e. The Morgan fingerprint density at radius 1 is 1.03 bits per heavy atom. The van der Waals surface area contributed by atoms with E-state index >= 15 is 0 Å². The minimum absolute atomic E-state index is 0.134. The van der Waals surface area contributed by atoms with Gasteiger partial charge in [-0.1, -0.05) is 37.5 Å². The second-order valence-electron chi connectivity index (χ2n) is 9.43. The van der Waals surface area contributed by atoms with Crippen LogP contribution in [0.3, 0.4) is 0 Å². The van der Waals surface area contributed by atoms with Crippen LogP contribution in [0, 0.1) is 0 Å². The number of hydrogen-bond donors (Lipinski definition) is 1. The normalized spacial score (nSPS) is 17.8. The summed E-state index contributed by atoms with van der Waals surface area (Å²) in [5.41, 5.74) is 0.934. The van der Waals surface area contributed by atoms with Gasteiger partial charge in [0.15, 0.2) is 0 Å². The van der Waals surface area contributed by atoms with E-state index in [2.05, 4.69) is 10.00 Å². The summed E-state index contributed by atoms with van der Waals surface area (Å²) in [7, 11) is 0. The molecule has 0 saturated heterocycles. The van der Waals surface area contributed by atoms with Crippen LogP contribution in [0.25, 0.3) is 16.6 Å². The molecule has 7 nitrogen and oxygen atoms in total. The van der Waals surface area contributed by atoms with E-state index in [-0.39, 0.29) is 30.1 Å². The smallest absolute Gasteiger partial charge is 0.331 e. The first-order valence-electron chi connectivity index (χ1n) is 12.4. The first-order chi connectivity index (χ1) is 16.5. The molecule has 3 aromatic rings. The van der Waals surface area contributed by atoms with Gasteiger partial charge in [-0.15, -0.1) is 0 Å². The molecule has 34 heavy (non-hydrogen) atoms. The van der Waals surface area contributed by atoms with E-state index in [4.69, 9.17) is 4.74 Å². The van der Waals surface area contributed by atoms with Crippen LogP contribution in [0.4, 0.5) is 0 Å². The van der Waals surface area contributed by atoms with Crippen LogP contribution in [-0.4, -0.2) is 33.4 Å². The van der Waals surface area contributed by atoms with Crippen LogP contribution in [0.5, 0.6) is 0 Å². The van der Waals surface area contributed by atoms with Gasteiger partial charge in [0.25, 0.3) is 11.5 Å². The molecule has 7 heteroatoms. The van der Waals surface area contributed by atoms with Crippen molar-refractivity contribution in [1.82, 2.24) is 14.7 Å². The SMILES string of the molecule is CCOC(=O)C1(NC(=O)c2ccc3c(c2)c(=O)n(-c2ccccc2)n3C2CCCCC2)CCC1. The Morgan fingerprint density at radius 2 is 1.76 bits per heavy atom. The van der Waals surface area contributed by atoms with E-state index in [9.17, 15) is 14.4 Å². The van der Waals surface area contributed by atoms with E-state index in [1.807, 2.05) is 36.4 Å². The molecule has 0 radical (unpaired) electrons. The standard InChI is InChI=1S/C27H31N3O4/c1-2-34-26(33)27(16-9-17-27)28-24(31)19-14-15-23-22(18-19)25(32)30(21-12-7-4-8-13-21)29(23)20-10-5-3-6-11-20/h4,7-8,12-15,18,20H,2-3,5-6,9-11,16-17H2,1H3,(H,28,31). The summed E-state index contributed by atoms with van der Waals surface area (Å²) in [6, 6.07) is 15.2. The van der Waals surface area contributed by atoms with Crippen molar-refractivity contribution in [3.05, 3.63) is 64.4 Å². The number of rotatable bonds is 6. The highest BCUT2D eigenvalue weighted by molar-refractivity contribution is 6.01. The number of aromatic nitrogens is 2. The zero-order chi connectivity index (χ0) is 23.7. The fraction of sp³-hybridized carbons (Fsp3) is 0.444. The molecule has 0 bridgehead atoms. The zero-order valence-electron chi connectivity index (χ0n) is 19.6.